The average molecular weight is 434 g/mol. The molecular formula is C18H34N4O8. The van der Waals surface area contributed by atoms with Gasteiger partial charge < -0.3 is 39.4 Å². The van der Waals surface area contributed by atoms with E-state index < -0.39 is 24.4 Å². The molecule has 0 aromatic rings. The van der Waals surface area contributed by atoms with Gasteiger partial charge in [-0.05, 0) is 27.7 Å². The van der Waals surface area contributed by atoms with E-state index in [-0.39, 0.29) is 65.7 Å². The Hall–Kier alpha value is -2.92. The van der Waals surface area contributed by atoms with Crippen molar-refractivity contribution in [2.75, 3.05) is 65.7 Å². The smallest absolute Gasteiger partial charge is 0.409 e. The predicted octanol–water partition coefficient (Wildman–Crippen LogP) is 1.40. The van der Waals surface area contributed by atoms with E-state index in [1.54, 1.807) is 27.7 Å². The van der Waals surface area contributed by atoms with Crippen LogP contribution in [0.3, 0.4) is 0 Å². The highest BCUT2D eigenvalue weighted by atomic mass is 16.6. The van der Waals surface area contributed by atoms with Gasteiger partial charge in [0.05, 0.1) is 26.4 Å². The van der Waals surface area contributed by atoms with E-state index in [1.165, 1.54) is 9.80 Å². The standard InChI is InChI=1S/C18H34N4O8/c1-5-27-15(23)19-9-11-21(17(25)29-7-3)13-14-22(18(26)30-8-4)12-10-20-16(24)28-6-2/h5-14H2,1-4H3,(H,19,23)(H,20,24). The van der Waals surface area contributed by atoms with Crippen molar-refractivity contribution >= 4 is 24.4 Å². The summed E-state index contributed by atoms with van der Waals surface area (Å²) in [6, 6.07) is 0. The highest BCUT2D eigenvalue weighted by Crippen LogP contribution is 1.99. The zero-order valence-electron chi connectivity index (χ0n) is 18.2. The lowest BCUT2D eigenvalue weighted by atomic mass is 10.4. The molecule has 2 N–H and O–H groups in total. The maximum absolute atomic E-state index is 12.2. The SMILES string of the molecule is CCOC(=O)NCCN(CCN(CCNC(=O)OCC)C(=O)OCC)C(=O)OCC. The Bertz CT molecular complexity index is 486. The van der Waals surface area contributed by atoms with Crippen molar-refractivity contribution in [2.45, 2.75) is 27.7 Å². The largest absolute Gasteiger partial charge is 0.450 e. The summed E-state index contributed by atoms with van der Waals surface area (Å²) in [7, 11) is 0. The molecule has 0 bridgehead atoms. The van der Waals surface area contributed by atoms with Gasteiger partial charge in [-0.15, -0.1) is 0 Å². The second-order valence-electron chi connectivity index (χ2n) is 5.67. The molecule has 0 atom stereocenters. The van der Waals surface area contributed by atoms with Crippen LogP contribution < -0.4 is 10.6 Å². The minimum atomic E-state index is -0.584. The van der Waals surface area contributed by atoms with E-state index >= 15 is 0 Å². The fraction of sp³-hybridized carbons (Fsp3) is 0.778. The lowest BCUT2D eigenvalue weighted by molar-refractivity contribution is 0.0878. The summed E-state index contributed by atoms with van der Waals surface area (Å²) >= 11 is 0. The van der Waals surface area contributed by atoms with Gasteiger partial charge in [-0.1, -0.05) is 0 Å². The Balaban J connectivity index is 4.80. The highest BCUT2D eigenvalue weighted by Gasteiger charge is 2.20. The molecule has 0 spiro atoms. The zero-order chi connectivity index (χ0) is 22.8. The van der Waals surface area contributed by atoms with Crippen LogP contribution in [-0.2, 0) is 18.9 Å². The van der Waals surface area contributed by atoms with Crippen LogP contribution in [0, 0.1) is 0 Å². The first-order chi connectivity index (χ1) is 14.4. The van der Waals surface area contributed by atoms with Gasteiger partial charge in [-0.3, -0.25) is 0 Å². The molecule has 0 aliphatic heterocycles. The molecule has 174 valence electrons. The first kappa shape index (κ1) is 27.1. The molecule has 0 fully saturated rings. The van der Waals surface area contributed by atoms with Gasteiger partial charge in [-0.25, -0.2) is 19.2 Å². The number of carbonyl (C=O) groups excluding carboxylic acids is 4. The van der Waals surface area contributed by atoms with Crippen LogP contribution in [-0.4, -0.2) is 99.9 Å². The number of carbonyl (C=O) groups is 4. The van der Waals surface area contributed by atoms with Gasteiger partial charge in [0.2, 0.25) is 0 Å². The summed E-state index contributed by atoms with van der Waals surface area (Å²) < 4.78 is 19.6. The number of amides is 4. The number of rotatable bonds is 13. The van der Waals surface area contributed by atoms with Crippen LogP contribution in [0.4, 0.5) is 19.2 Å². The molecule has 0 aromatic carbocycles. The van der Waals surface area contributed by atoms with Crippen LogP contribution in [0.25, 0.3) is 0 Å². The number of hydrogen-bond donors (Lipinski definition) is 2. The lowest BCUT2D eigenvalue weighted by Gasteiger charge is -2.27. The topological polar surface area (TPSA) is 136 Å². The maximum atomic E-state index is 12.2. The summed E-state index contributed by atoms with van der Waals surface area (Å²) in [6.45, 7) is 8.49. The molecule has 0 rings (SSSR count). The van der Waals surface area contributed by atoms with Crippen molar-refractivity contribution in [1.29, 1.82) is 0 Å². The van der Waals surface area contributed by atoms with Crippen molar-refractivity contribution in [3.8, 4) is 0 Å². The van der Waals surface area contributed by atoms with Gasteiger partial charge in [0.15, 0.2) is 0 Å². The van der Waals surface area contributed by atoms with Gasteiger partial charge >= 0.3 is 24.4 Å². The predicted molar refractivity (Wildman–Crippen MR) is 107 cm³/mol. The molecule has 0 unspecified atom stereocenters. The minimum Gasteiger partial charge on any atom is -0.450 e. The number of nitrogens with zero attached hydrogens (tertiary/aromatic N) is 2. The summed E-state index contributed by atoms with van der Waals surface area (Å²) in [5.41, 5.74) is 0. The van der Waals surface area contributed by atoms with E-state index in [1.807, 2.05) is 0 Å². The Morgan fingerprint density at radius 1 is 0.567 bits per heavy atom. The number of ether oxygens (including phenoxy) is 4. The summed E-state index contributed by atoms with van der Waals surface area (Å²) in [6.07, 6.45) is -2.31. The third-order valence-corrected chi connectivity index (χ3v) is 3.54. The number of alkyl carbamates (subject to hydrolysis) is 2. The second kappa shape index (κ2) is 17.0. The molecule has 0 aliphatic rings. The third-order valence-electron chi connectivity index (χ3n) is 3.54. The fourth-order valence-electron chi connectivity index (χ4n) is 2.21. The Morgan fingerprint density at radius 3 is 1.20 bits per heavy atom. The Kier molecular flexibility index (Phi) is 15.3. The molecule has 12 nitrogen and oxygen atoms in total. The molecule has 12 heteroatoms. The van der Waals surface area contributed by atoms with Gasteiger partial charge in [0.1, 0.15) is 0 Å². The lowest BCUT2D eigenvalue weighted by Crippen LogP contribution is -2.46. The number of nitrogens with one attached hydrogen (secondary N) is 2. The molecule has 0 radical (unpaired) electrons. The van der Waals surface area contributed by atoms with Crippen LogP contribution >= 0.6 is 0 Å². The molecule has 4 amide bonds. The van der Waals surface area contributed by atoms with Crippen molar-refractivity contribution in [3.63, 3.8) is 0 Å². The molecule has 0 aromatic heterocycles. The molecular weight excluding hydrogens is 400 g/mol. The summed E-state index contributed by atoms with van der Waals surface area (Å²) in [5, 5.41) is 5.05. The fourth-order valence-corrected chi connectivity index (χ4v) is 2.21. The normalized spacial score (nSPS) is 9.87. The van der Waals surface area contributed by atoms with Gasteiger partial charge in [0.25, 0.3) is 0 Å². The van der Waals surface area contributed by atoms with E-state index in [0.717, 1.165) is 0 Å². The Labute approximate surface area is 177 Å². The van der Waals surface area contributed by atoms with Crippen LogP contribution in [0.2, 0.25) is 0 Å². The minimum absolute atomic E-state index is 0.140. The van der Waals surface area contributed by atoms with Crippen LogP contribution in [0.5, 0.6) is 0 Å². The van der Waals surface area contributed by atoms with Crippen molar-refractivity contribution in [1.82, 2.24) is 20.4 Å². The first-order valence-electron chi connectivity index (χ1n) is 10.0. The number of hydrogen-bond acceptors (Lipinski definition) is 8. The van der Waals surface area contributed by atoms with Crippen molar-refractivity contribution < 1.29 is 38.1 Å². The average Bonchev–Trinajstić information content (AvgIpc) is 2.69. The molecule has 0 saturated carbocycles. The Morgan fingerprint density at radius 2 is 0.900 bits per heavy atom. The van der Waals surface area contributed by atoms with E-state index in [0.29, 0.717) is 0 Å². The highest BCUT2D eigenvalue weighted by molar-refractivity contribution is 5.70. The molecule has 0 heterocycles. The summed E-state index contributed by atoms with van der Waals surface area (Å²) in [4.78, 5) is 49.9. The quantitative estimate of drug-likeness (QED) is 0.415. The van der Waals surface area contributed by atoms with E-state index in [2.05, 4.69) is 10.6 Å². The summed E-state index contributed by atoms with van der Waals surface area (Å²) in [5.74, 6) is 0. The van der Waals surface area contributed by atoms with Gasteiger partial charge in [-0.2, -0.15) is 0 Å². The molecule has 30 heavy (non-hydrogen) atoms. The first-order valence-corrected chi connectivity index (χ1v) is 10.0. The van der Waals surface area contributed by atoms with Crippen LogP contribution in [0.1, 0.15) is 27.7 Å². The van der Waals surface area contributed by atoms with Crippen LogP contribution in [0.15, 0.2) is 0 Å². The zero-order valence-corrected chi connectivity index (χ0v) is 18.2. The van der Waals surface area contributed by atoms with Gasteiger partial charge in [0, 0.05) is 39.3 Å². The van der Waals surface area contributed by atoms with E-state index in [9.17, 15) is 19.2 Å². The van der Waals surface area contributed by atoms with Crippen molar-refractivity contribution in [2.24, 2.45) is 0 Å². The second-order valence-corrected chi connectivity index (χ2v) is 5.67. The van der Waals surface area contributed by atoms with E-state index in [4.69, 9.17) is 18.9 Å². The molecule has 0 aliphatic carbocycles. The molecule has 0 saturated heterocycles. The monoisotopic (exact) mass is 434 g/mol. The third kappa shape index (κ3) is 12.5. The van der Waals surface area contributed by atoms with Crippen molar-refractivity contribution in [3.05, 3.63) is 0 Å². The maximum Gasteiger partial charge on any atom is 0.409 e.